The number of fused-ring (bicyclic) bond motifs is 1. The Bertz CT molecular complexity index is 577. The van der Waals surface area contributed by atoms with E-state index in [0.717, 1.165) is 11.0 Å². The number of nitrogens with zero attached hydrogens (tertiary/aromatic N) is 1. The van der Waals surface area contributed by atoms with Gasteiger partial charge in [-0.25, -0.2) is 0 Å². The van der Waals surface area contributed by atoms with Crippen LogP contribution in [0.1, 0.15) is 27.7 Å². The quantitative estimate of drug-likeness (QED) is 0.739. The van der Waals surface area contributed by atoms with Crippen LogP contribution in [-0.2, 0) is 9.31 Å². The average molecular weight is 261 g/mol. The van der Waals surface area contributed by atoms with Crippen molar-refractivity contribution in [2.24, 2.45) is 0 Å². The molecule has 3 heterocycles. The van der Waals surface area contributed by atoms with Crippen LogP contribution in [0.5, 0.6) is 0 Å². The number of hydrogen-bond acceptors (Lipinski definition) is 4. The summed E-state index contributed by atoms with van der Waals surface area (Å²) in [6.07, 6.45) is 1.81. The van der Waals surface area contributed by atoms with Crippen LogP contribution < -0.4 is 5.59 Å². The topological polar surface area (TPSA) is 31.4 Å². The lowest BCUT2D eigenvalue weighted by Crippen LogP contribution is -2.41. The molecular weight excluding hydrogens is 245 g/mol. The van der Waals surface area contributed by atoms with Gasteiger partial charge >= 0.3 is 7.12 Å². The average Bonchev–Trinajstić information content (AvgIpc) is 2.81. The maximum atomic E-state index is 6.05. The summed E-state index contributed by atoms with van der Waals surface area (Å²) in [6.45, 7) is 8.23. The fourth-order valence-corrected chi connectivity index (χ4v) is 2.87. The number of aromatic nitrogens is 1. The second-order valence-corrected chi connectivity index (χ2v) is 6.40. The second kappa shape index (κ2) is 3.79. The molecular formula is C13H16BNO2S. The third-order valence-corrected chi connectivity index (χ3v) is 4.67. The predicted molar refractivity (Wildman–Crippen MR) is 75.3 cm³/mol. The molecule has 1 aliphatic heterocycles. The van der Waals surface area contributed by atoms with Crippen molar-refractivity contribution in [3.63, 3.8) is 0 Å². The van der Waals surface area contributed by atoms with Gasteiger partial charge in [-0.05, 0) is 49.9 Å². The van der Waals surface area contributed by atoms with E-state index in [2.05, 4.69) is 43.4 Å². The van der Waals surface area contributed by atoms with Crippen molar-refractivity contribution in [3.05, 3.63) is 23.0 Å². The first kappa shape index (κ1) is 12.1. The Morgan fingerprint density at radius 3 is 2.44 bits per heavy atom. The van der Waals surface area contributed by atoms with Crippen molar-refractivity contribution >= 4 is 34.8 Å². The van der Waals surface area contributed by atoms with Crippen LogP contribution in [0.4, 0.5) is 0 Å². The molecule has 2 aromatic heterocycles. The minimum atomic E-state index is -0.381. The normalized spacial score (nSPS) is 21.7. The third-order valence-electron chi connectivity index (χ3n) is 3.91. The van der Waals surface area contributed by atoms with E-state index >= 15 is 0 Å². The van der Waals surface area contributed by atoms with Crippen LogP contribution in [0.15, 0.2) is 23.0 Å². The van der Waals surface area contributed by atoms with Gasteiger partial charge in [0.2, 0.25) is 0 Å². The van der Waals surface area contributed by atoms with Crippen LogP contribution in [0.25, 0.3) is 10.8 Å². The monoisotopic (exact) mass is 261 g/mol. The van der Waals surface area contributed by atoms with Gasteiger partial charge in [-0.2, -0.15) is 11.3 Å². The van der Waals surface area contributed by atoms with Gasteiger partial charge in [-0.15, -0.1) is 0 Å². The first-order chi connectivity index (χ1) is 8.41. The van der Waals surface area contributed by atoms with E-state index in [-0.39, 0.29) is 18.3 Å². The molecule has 0 amide bonds. The first-order valence-electron chi connectivity index (χ1n) is 6.07. The number of thiophene rings is 1. The third kappa shape index (κ3) is 1.69. The number of rotatable bonds is 1. The summed E-state index contributed by atoms with van der Waals surface area (Å²) in [4.78, 5) is 4.45. The van der Waals surface area contributed by atoms with Crippen LogP contribution in [0, 0.1) is 0 Å². The predicted octanol–water partition coefficient (Wildman–Crippen LogP) is 2.60. The molecule has 94 valence electrons. The molecule has 0 atom stereocenters. The van der Waals surface area contributed by atoms with Crippen molar-refractivity contribution in [1.29, 1.82) is 0 Å². The SMILES string of the molecule is CC1(C)OB(c2nccc3cscc23)OC1(C)C. The van der Waals surface area contributed by atoms with E-state index in [9.17, 15) is 0 Å². The molecule has 1 saturated heterocycles. The highest BCUT2D eigenvalue weighted by Crippen LogP contribution is 2.36. The fraction of sp³-hybridized carbons (Fsp3) is 0.462. The second-order valence-electron chi connectivity index (χ2n) is 5.66. The van der Waals surface area contributed by atoms with Gasteiger partial charge in [0.25, 0.3) is 0 Å². The van der Waals surface area contributed by atoms with E-state index < -0.39 is 0 Å². The van der Waals surface area contributed by atoms with Gasteiger partial charge < -0.3 is 9.31 Å². The molecule has 2 aromatic rings. The fourth-order valence-electron chi connectivity index (χ4n) is 2.05. The minimum absolute atomic E-state index is 0.322. The van der Waals surface area contributed by atoms with E-state index in [1.165, 1.54) is 5.39 Å². The van der Waals surface area contributed by atoms with Crippen molar-refractivity contribution in [2.45, 2.75) is 38.9 Å². The molecule has 0 unspecified atom stereocenters. The zero-order valence-electron chi connectivity index (χ0n) is 11.1. The largest absolute Gasteiger partial charge is 0.515 e. The van der Waals surface area contributed by atoms with E-state index in [4.69, 9.17) is 9.31 Å². The lowest BCUT2D eigenvalue weighted by molar-refractivity contribution is 0.00578. The highest BCUT2D eigenvalue weighted by molar-refractivity contribution is 7.09. The van der Waals surface area contributed by atoms with E-state index in [0.29, 0.717) is 0 Å². The Hall–Kier alpha value is -0.905. The Kier molecular flexibility index (Phi) is 2.56. The van der Waals surface area contributed by atoms with Crippen molar-refractivity contribution in [2.75, 3.05) is 0 Å². The van der Waals surface area contributed by atoms with Crippen LogP contribution in [0.3, 0.4) is 0 Å². The summed E-state index contributed by atoms with van der Waals surface area (Å²) in [7, 11) is -0.381. The molecule has 3 nitrogen and oxygen atoms in total. The molecule has 18 heavy (non-hydrogen) atoms. The molecule has 0 bridgehead atoms. The summed E-state index contributed by atoms with van der Waals surface area (Å²) in [6, 6.07) is 2.01. The van der Waals surface area contributed by atoms with E-state index in [1.54, 1.807) is 11.3 Å². The van der Waals surface area contributed by atoms with Gasteiger partial charge in [-0.3, -0.25) is 4.98 Å². The molecule has 0 radical (unpaired) electrons. The Balaban J connectivity index is 2.05. The van der Waals surface area contributed by atoms with Crippen LogP contribution in [0.2, 0.25) is 0 Å². The summed E-state index contributed by atoms with van der Waals surface area (Å²) < 4.78 is 12.1. The lowest BCUT2D eigenvalue weighted by atomic mass is 9.82. The molecule has 0 N–H and O–H groups in total. The van der Waals surface area contributed by atoms with E-state index in [1.807, 2.05) is 12.3 Å². The molecule has 0 aromatic carbocycles. The first-order valence-corrected chi connectivity index (χ1v) is 7.01. The van der Waals surface area contributed by atoms with Crippen LogP contribution in [-0.4, -0.2) is 23.3 Å². The molecule has 3 rings (SSSR count). The molecule has 0 saturated carbocycles. The highest BCUT2D eigenvalue weighted by atomic mass is 32.1. The van der Waals surface area contributed by atoms with Gasteiger partial charge in [-0.1, -0.05) is 0 Å². The maximum Gasteiger partial charge on any atom is 0.515 e. The standard InChI is InChI=1S/C13H16BNO2S/c1-12(2)13(3,4)17-14(16-12)11-10-8-18-7-9(10)5-6-15-11/h5-8H,1-4H3. The summed E-state index contributed by atoms with van der Waals surface area (Å²) >= 11 is 1.67. The Labute approximate surface area is 111 Å². The Morgan fingerprint density at radius 1 is 1.11 bits per heavy atom. The molecule has 0 aliphatic carbocycles. The van der Waals surface area contributed by atoms with Crippen LogP contribution >= 0.6 is 11.3 Å². The summed E-state index contributed by atoms with van der Waals surface area (Å²) in [5, 5.41) is 6.54. The zero-order valence-corrected chi connectivity index (χ0v) is 11.9. The lowest BCUT2D eigenvalue weighted by Gasteiger charge is -2.32. The molecule has 0 spiro atoms. The smallest absolute Gasteiger partial charge is 0.398 e. The summed E-state index contributed by atoms with van der Waals surface area (Å²) in [5.74, 6) is 0. The van der Waals surface area contributed by atoms with Gasteiger partial charge in [0, 0.05) is 11.6 Å². The van der Waals surface area contributed by atoms with Crippen molar-refractivity contribution < 1.29 is 9.31 Å². The molecule has 5 heteroatoms. The van der Waals surface area contributed by atoms with Gasteiger partial charge in [0.05, 0.1) is 16.8 Å². The maximum absolute atomic E-state index is 6.05. The zero-order chi connectivity index (χ0) is 13.0. The van der Waals surface area contributed by atoms with Gasteiger partial charge in [0.1, 0.15) is 0 Å². The summed E-state index contributed by atoms with van der Waals surface area (Å²) in [5.41, 5.74) is 0.238. The number of pyridine rings is 1. The van der Waals surface area contributed by atoms with Gasteiger partial charge in [0.15, 0.2) is 0 Å². The highest BCUT2D eigenvalue weighted by Gasteiger charge is 2.52. The molecule has 1 aliphatic rings. The molecule has 1 fully saturated rings. The van der Waals surface area contributed by atoms with Crippen molar-refractivity contribution in [1.82, 2.24) is 4.98 Å². The Morgan fingerprint density at radius 2 is 1.78 bits per heavy atom. The van der Waals surface area contributed by atoms with Crippen molar-refractivity contribution in [3.8, 4) is 0 Å². The number of hydrogen-bond donors (Lipinski definition) is 0. The minimum Gasteiger partial charge on any atom is -0.398 e.